The van der Waals surface area contributed by atoms with E-state index in [0.29, 0.717) is 21.8 Å². The molecule has 3 amide bonds. The summed E-state index contributed by atoms with van der Waals surface area (Å²) in [5.41, 5.74) is 4.47. The number of nitrogens with one attached hydrogen (secondary N) is 3. The smallest absolute Gasteiger partial charge is 0.272 e. The number of hydrogen-bond acceptors (Lipinski definition) is 4. The van der Waals surface area contributed by atoms with Gasteiger partial charge in [-0.2, -0.15) is 0 Å². The average molecular weight is 570 g/mol. The highest BCUT2D eigenvalue weighted by molar-refractivity contribution is 8.00. The Morgan fingerprint density at radius 3 is 2.20 bits per heavy atom. The Bertz CT molecular complexity index is 1550. The summed E-state index contributed by atoms with van der Waals surface area (Å²) in [5, 5.41) is 8.92. The molecule has 3 N–H and O–H groups in total. The molecule has 0 aromatic heterocycles. The highest BCUT2D eigenvalue weighted by Crippen LogP contribution is 2.24. The molecule has 0 radical (unpaired) electrons. The number of anilines is 2. The normalized spacial score (nSPS) is 11.0. The lowest BCUT2D eigenvalue weighted by molar-refractivity contribution is -0.114. The molecule has 0 saturated carbocycles. The van der Waals surface area contributed by atoms with Crippen LogP contribution in [-0.4, -0.2) is 23.5 Å². The fraction of sp³-hybridized carbons (Fsp3) is 0.0938. The predicted octanol–water partition coefficient (Wildman–Crippen LogP) is 7.10. The Balaban J connectivity index is 1.45. The van der Waals surface area contributed by atoms with Crippen molar-refractivity contribution in [1.29, 1.82) is 0 Å². The minimum Gasteiger partial charge on any atom is -0.325 e. The highest BCUT2D eigenvalue weighted by atomic mass is 35.5. The monoisotopic (exact) mass is 569 g/mol. The van der Waals surface area contributed by atoms with Gasteiger partial charge < -0.3 is 16.0 Å². The third kappa shape index (κ3) is 8.33. The van der Waals surface area contributed by atoms with Gasteiger partial charge in [-0.1, -0.05) is 60.1 Å². The zero-order chi connectivity index (χ0) is 28.5. The summed E-state index contributed by atoms with van der Waals surface area (Å²) in [4.78, 5) is 39.5. The number of thioether (sulfide) groups is 1. The second kappa shape index (κ2) is 13.6. The first kappa shape index (κ1) is 28.7. The van der Waals surface area contributed by atoms with Gasteiger partial charge in [-0.15, -0.1) is 11.8 Å². The first-order chi connectivity index (χ1) is 19.3. The van der Waals surface area contributed by atoms with Crippen molar-refractivity contribution in [2.45, 2.75) is 18.7 Å². The topological polar surface area (TPSA) is 87.3 Å². The lowest BCUT2D eigenvalue weighted by Crippen LogP contribution is -2.30. The van der Waals surface area contributed by atoms with Gasteiger partial charge >= 0.3 is 0 Å². The molecule has 40 heavy (non-hydrogen) atoms. The Labute approximate surface area is 242 Å². The van der Waals surface area contributed by atoms with Crippen LogP contribution in [0, 0.1) is 13.8 Å². The molecular weight excluding hydrogens is 542 g/mol. The number of hydrogen-bond donors (Lipinski definition) is 3. The zero-order valence-electron chi connectivity index (χ0n) is 22.0. The van der Waals surface area contributed by atoms with Crippen molar-refractivity contribution in [3.05, 3.63) is 130 Å². The summed E-state index contributed by atoms with van der Waals surface area (Å²) in [6, 6.07) is 28.7. The van der Waals surface area contributed by atoms with Gasteiger partial charge in [-0.3, -0.25) is 14.4 Å². The van der Waals surface area contributed by atoms with Gasteiger partial charge in [-0.05, 0) is 85.1 Å². The number of carbonyl (C=O) groups is 3. The summed E-state index contributed by atoms with van der Waals surface area (Å²) in [5.74, 6) is -0.861. The van der Waals surface area contributed by atoms with Gasteiger partial charge in [0.05, 0.1) is 5.75 Å². The summed E-state index contributed by atoms with van der Waals surface area (Å²) < 4.78 is 0. The molecule has 0 aliphatic carbocycles. The molecule has 6 nitrogen and oxygen atoms in total. The number of benzene rings is 4. The highest BCUT2D eigenvalue weighted by Gasteiger charge is 2.16. The molecule has 4 aromatic rings. The van der Waals surface area contributed by atoms with Crippen LogP contribution in [-0.2, 0) is 9.59 Å². The van der Waals surface area contributed by atoms with Crippen molar-refractivity contribution in [2.24, 2.45) is 0 Å². The van der Waals surface area contributed by atoms with Crippen LogP contribution in [0.3, 0.4) is 0 Å². The van der Waals surface area contributed by atoms with Crippen LogP contribution in [0.25, 0.3) is 6.08 Å². The predicted molar refractivity (Wildman–Crippen MR) is 164 cm³/mol. The molecule has 0 heterocycles. The Morgan fingerprint density at radius 1 is 0.775 bits per heavy atom. The second-order valence-electron chi connectivity index (χ2n) is 9.09. The van der Waals surface area contributed by atoms with Gasteiger partial charge in [0.1, 0.15) is 5.70 Å². The minimum atomic E-state index is -0.515. The van der Waals surface area contributed by atoms with Crippen molar-refractivity contribution >= 4 is 58.5 Å². The number of amides is 3. The van der Waals surface area contributed by atoms with Crippen LogP contribution in [0.2, 0.25) is 5.02 Å². The van der Waals surface area contributed by atoms with Crippen LogP contribution in [0.5, 0.6) is 0 Å². The Hall–Kier alpha value is -4.33. The Morgan fingerprint density at radius 2 is 1.48 bits per heavy atom. The maximum atomic E-state index is 13.3. The van der Waals surface area contributed by atoms with Gasteiger partial charge in [-0.25, -0.2) is 0 Å². The SMILES string of the molecule is Cc1cc(C)cc(NC(=O)CSc2cccc(NC(=O)/C(=C\c3ccccc3Cl)NC(=O)c3ccccc3)c2)c1. The van der Waals surface area contributed by atoms with Crippen molar-refractivity contribution in [3.63, 3.8) is 0 Å². The van der Waals surface area contributed by atoms with E-state index in [-0.39, 0.29) is 17.4 Å². The third-order valence-electron chi connectivity index (χ3n) is 5.70. The van der Waals surface area contributed by atoms with Gasteiger partial charge in [0.2, 0.25) is 5.91 Å². The third-order valence-corrected chi connectivity index (χ3v) is 7.04. The molecule has 4 aromatic carbocycles. The maximum Gasteiger partial charge on any atom is 0.272 e. The first-order valence-electron chi connectivity index (χ1n) is 12.5. The largest absolute Gasteiger partial charge is 0.325 e. The number of rotatable bonds is 9. The van der Waals surface area contributed by atoms with E-state index in [1.165, 1.54) is 17.8 Å². The standard InChI is InChI=1S/C32H28ClN3O3S/c1-21-15-22(2)17-26(16-21)34-30(37)20-40-27-13-8-12-25(19-27)35-32(39)29(18-24-11-6-7-14-28(24)33)36-31(38)23-9-4-3-5-10-23/h3-19H,20H2,1-2H3,(H,34,37)(H,35,39)(H,36,38)/b29-18+. The number of aryl methyl sites for hydroxylation is 2. The summed E-state index contributed by atoms with van der Waals surface area (Å²) >= 11 is 7.66. The van der Waals surface area contributed by atoms with Crippen LogP contribution < -0.4 is 16.0 Å². The lowest BCUT2D eigenvalue weighted by atomic mass is 10.1. The van der Waals surface area contributed by atoms with Crippen molar-refractivity contribution in [2.75, 3.05) is 16.4 Å². The molecular formula is C32H28ClN3O3S. The number of carbonyl (C=O) groups excluding carboxylic acids is 3. The molecule has 202 valence electrons. The molecule has 0 aliphatic rings. The van der Waals surface area contributed by atoms with E-state index in [1.807, 2.05) is 44.2 Å². The van der Waals surface area contributed by atoms with E-state index >= 15 is 0 Å². The van der Waals surface area contributed by atoms with Crippen LogP contribution in [0.4, 0.5) is 11.4 Å². The van der Waals surface area contributed by atoms with E-state index in [9.17, 15) is 14.4 Å². The minimum absolute atomic E-state index is 0.0350. The lowest BCUT2D eigenvalue weighted by Gasteiger charge is -2.13. The molecule has 0 bridgehead atoms. The van der Waals surface area contributed by atoms with Gasteiger partial charge in [0.15, 0.2) is 0 Å². The van der Waals surface area contributed by atoms with E-state index in [4.69, 9.17) is 11.6 Å². The van der Waals surface area contributed by atoms with E-state index in [0.717, 1.165) is 21.7 Å². The molecule has 4 rings (SSSR count). The molecule has 0 saturated heterocycles. The summed E-state index contributed by atoms with van der Waals surface area (Å²) in [6.07, 6.45) is 1.54. The average Bonchev–Trinajstić information content (AvgIpc) is 2.93. The van der Waals surface area contributed by atoms with Crippen LogP contribution in [0.15, 0.2) is 108 Å². The molecule has 8 heteroatoms. The summed E-state index contributed by atoms with van der Waals surface area (Å²) in [6.45, 7) is 3.97. The zero-order valence-corrected chi connectivity index (χ0v) is 23.6. The van der Waals surface area contributed by atoms with Crippen molar-refractivity contribution < 1.29 is 14.4 Å². The van der Waals surface area contributed by atoms with Crippen molar-refractivity contribution in [1.82, 2.24) is 5.32 Å². The summed E-state index contributed by atoms with van der Waals surface area (Å²) in [7, 11) is 0. The van der Waals surface area contributed by atoms with Crippen LogP contribution in [0.1, 0.15) is 27.0 Å². The van der Waals surface area contributed by atoms with Crippen LogP contribution >= 0.6 is 23.4 Å². The van der Waals surface area contributed by atoms with Gasteiger partial charge in [0.25, 0.3) is 11.8 Å². The number of halogens is 1. The quantitative estimate of drug-likeness (QED) is 0.148. The van der Waals surface area contributed by atoms with Gasteiger partial charge in [0, 0.05) is 26.9 Å². The van der Waals surface area contributed by atoms with E-state index in [1.54, 1.807) is 66.7 Å². The second-order valence-corrected chi connectivity index (χ2v) is 10.6. The molecule has 0 atom stereocenters. The first-order valence-corrected chi connectivity index (χ1v) is 13.9. The van der Waals surface area contributed by atoms with Crippen molar-refractivity contribution in [3.8, 4) is 0 Å². The fourth-order valence-electron chi connectivity index (χ4n) is 3.94. The maximum absolute atomic E-state index is 13.3. The van der Waals surface area contributed by atoms with E-state index in [2.05, 4.69) is 16.0 Å². The fourth-order valence-corrected chi connectivity index (χ4v) is 4.89. The molecule has 0 spiro atoms. The molecule has 0 fully saturated rings. The molecule has 0 aliphatic heterocycles. The van der Waals surface area contributed by atoms with E-state index < -0.39 is 11.8 Å². The molecule has 0 unspecified atom stereocenters. The Kier molecular flexibility index (Phi) is 9.78.